The number of aromatic nitrogens is 3. The lowest BCUT2D eigenvalue weighted by Crippen LogP contribution is -2.11. The molecule has 0 spiro atoms. The van der Waals surface area contributed by atoms with E-state index in [1.54, 1.807) is 6.92 Å². The number of fused-ring (bicyclic) bond motifs is 1. The van der Waals surface area contributed by atoms with Crippen molar-refractivity contribution >= 4 is 28.6 Å². The van der Waals surface area contributed by atoms with E-state index in [4.69, 9.17) is 11.6 Å². The molecule has 0 bridgehead atoms. The molecule has 0 aromatic carbocycles. The summed E-state index contributed by atoms with van der Waals surface area (Å²) in [5.41, 5.74) is 0.0947. The molecular formula is C12H10ClN3O3. The molecule has 0 aliphatic rings. The molecule has 7 heteroatoms. The fraction of sp³-hybridized carbons (Fsp3) is 0.250. The van der Waals surface area contributed by atoms with E-state index >= 15 is 0 Å². The number of esters is 1. The molecule has 0 saturated heterocycles. The van der Waals surface area contributed by atoms with Gasteiger partial charge in [-0.1, -0.05) is 17.5 Å². The lowest BCUT2D eigenvalue weighted by Gasteiger charge is -2.00. The minimum Gasteiger partial charge on any atom is -0.465 e. The van der Waals surface area contributed by atoms with Crippen molar-refractivity contribution in [1.29, 1.82) is 0 Å². The van der Waals surface area contributed by atoms with Gasteiger partial charge in [-0.25, -0.2) is 9.78 Å². The minimum absolute atomic E-state index is 0.0724. The molecular weight excluding hydrogens is 270 g/mol. The third kappa shape index (κ3) is 2.09. The number of nitrogens with one attached hydrogen (secondary N) is 1. The summed E-state index contributed by atoms with van der Waals surface area (Å²) >= 11 is 6.14. The van der Waals surface area contributed by atoms with Gasteiger partial charge >= 0.3 is 5.97 Å². The Balaban J connectivity index is 2.86. The van der Waals surface area contributed by atoms with Crippen molar-refractivity contribution in [2.45, 2.75) is 13.5 Å². The molecule has 2 heterocycles. The number of ether oxygens (including phenoxy) is 1. The number of H-pyrrole nitrogens is 1. The predicted octanol–water partition coefficient (Wildman–Crippen LogP) is 1.19. The van der Waals surface area contributed by atoms with Gasteiger partial charge in [0, 0.05) is 0 Å². The van der Waals surface area contributed by atoms with Gasteiger partial charge in [-0.15, -0.1) is 5.92 Å². The molecule has 6 nitrogen and oxygen atoms in total. The van der Waals surface area contributed by atoms with Crippen LogP contribution in [-0.4, -0.2) is 27.6 Å². The fourth-order valence-corrected chi connectivity index (χ4v) is 2.06. The number of methoxy groups -OCH3 is 1. The Kier molecular flexibility index (Phi) is 3.58. The Bertz CT molecular complexity index is 764. The third-order valence-corrected chi connectivity index (χ3v) is 2.98. The summed E-state index contributed by atoms with van der Waals surface area (Å²) in [6.45, 7) is 1.86. The molecule has 0 aliphatic heterocycles. The largest absolute Gasteiger partial charge is 0.465 e. The molecule has 0 atom stereocenters. The Labute approximate surface area is 113 Å². The van der Waals surface area contributed by atoms with Crippen molar-refractivity contribution < 1.29 is 9.53 Å². The smallest absolute Gasteiger partial charge is 0.343 e. The van der Waals surface area contributed by atoms with Gasteiger partial charge in [-0.3, -0.25) is 4.79 Å². The molecule has 2 rings (SSSR count). The number of aromatic amines is 1. The first-order valence-corrected chi connectivity index (χ1v) is 5.73. The molecule has 1 N–H and O–H groups in total. The zero-order valence-electron chi connectivity index (χ0n) is 10.3. The van der Waals surface area contributed by atoms with Gasteiger partial charge < -0.3 is 14.3 Å². The molecule has 19 heavy (non-hydrogen) atoms. The first-order chi connectivity index (χ1) is 9.11. The molecule has 0 amide bonds. The summed E-state index contributed by atoms with van der Waals surface area (Å²) in [5, 5.41) is 0.0915. The van der Waals surface area contributed by atoms with Gasteiger partial charge in [0.05, 0.1) is 20.0 Å². The number of hydrogen-bond donors (Lipinski definition) is 1. The molecule has 2 aromatic heterocycles. The van der Waals surface area contributed by atoms with E-state index in [1.807, 2.05) is 0 Å². The van der Waals surface area contributed by atoms with Crippen LogP contribution in [0, 0.1) is 11.8 Å². The topological polar surface area (TPSA) is 77.0 Å². The van der Waals surface area contributed by atoms with Gasteiger partial charge in [0.25, 0.3) is 5.56 Å². The molecule has 0 saturated carbocycles. The van der Waals surface area contributed by atoms with Gasteiger partial charge in [0.2, 0.25) is 0 Å². The van der Waals surface area contributed by atoms with Crippen molar-refractivity contribution in [1.82, 2.24) is 14.5 Å². The molecule has 98 valence electrons. The standard InChI is InChI=1S/C12H10ClN3O3/c1-3-4-5-16-9-8(14-6-15-11(9)17)7(10(16)13)12(18)19-2/h6H,5H2,1-2H3,(H,14,15,17). The highest BCUT2D eigenvalue weighted by Gasteiger charge is 2.24. The van der Waals surface area contributed by atoms with E-state index < -0.39 is 5.97 Å². The normalized spacial score (nSPS) is 10.1. The maximum atomic E-state index is 11.9. The van der Waals surface area contributed by atoms with Gasteiger partial charge in [0.1, 0.15) is 21.7 Å². The van der Waals surface area contributed by atoms with Crippen LogP contribution in [0.15, 0.2) is 11.1 Å². The number of rotatable bonds is 2. The first kappa shape index (κ1) is 13.2. The summed E-state index contributed by atoms with van der Waals surface area (Å²) in [7, 11) is 1.24. The SMILES string of the molecule is CC#CCn1c(Cl)c(C(=O)OC)c2nc[nH]c(=O)c21. The second kappa shape index (κ2) is 5.16. The summed E-state index contributed by atoms with van der Waals surface area (Å²) in [4.78, 5) is 30.0. The van der Waals surface area contributed by atoms with Crippen molar-refractivity contribution in [2.75, 3.05) is 7.11 Å². The van der Waals surface area contributed by atoms with Crippen LogP contribution >= 0.6 is 11.6 Å². The van der Waals surface area contributed by atoms with Gasteiger partial charge in [-0.2, -0.15) is 0 Å². The Hall–Kier alpha value is -2.26. The minimum atomic E-state index is -0.642. The first-order valence-electron chi connectivity index (χ1n) is 5.35. The van der Waals surface area contributed by atoms with E-state index in [2.05, 4.69) is 26.5 Å². The summed E-state index contributed by atoms with van der Waals surface area (Å²) in [6.07, 6.45) is 1.21. The number of halogens is 1. The van der Waals surface area contributed by atoms with E-state index in [0.717, 1.165) is 0 Å². The highest BCUT2D eigenvalue weighted by molar-refractivity contribution is 6.35. The third-order valence-electron chi connectivity index (χ3n) is 2.58. The Morgan fingerprint density at radius 2 is 2.37 bits per heavy atom. The van der Waals surface area contributed by atoms with Crippen LogP contribution in [0.2, 0.25) is 5.15 Å². The average molecular weight is 280 g/mol. The molecule has 0 radical (unpaired) electrons. The summed E-state index contributed by atoms with van der Waals surface area (Å²) in [5.74, 6) is 4.85. The fourth-order valence-electron chi connectivity index (χ4n) is 1.75. The molecule has 0 fully saturated rings. The van der Waals surface area contributed by atoms with Crippen molar-refractivity contribution in [3.05, 3.63) is 27.4 Å². The zero-order chi connectivity index (χ0) is 14.0. The van der Waals surface area contributed by atoms with Crippen molar-refractivity contribution in [2.24, 2.45) is 0 Å². The average Bonchev–Trinajstić information content (AvgIpc) is 2.69. The van der Waals surface area contributed by atoms with Crippen molar-refractivity contribution in [3.63, 3.8) is 0 Å². The summed E-state index contributed by atoms with van der Waals surface area (Å²) < 4.78 is 6.09. The van der Waals surface area contributed by atoms with E-state index in [-0.39, 0.29) is 33.9 Å². The number of hydrogen-bond acceptors (Lipinski definition) is 4. The Morgan fingerprint density at radius 1 is 1.63 bits per heavy atom. The highest BCUT2D eigenvalue weighted by atomic mass is 35.5. The van der Waals surface area contributed by atoms with Crippen LogP contribution in [0.3, 0.4) is 0 Å². The van der Waals surface area contributed by atoms with Crippen LogP contribution in [0.25, 0.3) is 11.0 Å². The Morgan fingerprint density at radius 3 is 3.00 bits per heavy atom. The number of nitrogens with zero attached hydrogens (tertiary/aromatic N) is 2. The maximum absolute atomic E-state index is 11.9. The van der Waals surface area contributed by atoms with Gasteiger partial charge in [0.15, 0.2) is 0 Å². The maximum Gasteiger partial charge on any atom is 0.343 e. The van der Waals surface area contributed by atoms with Crippen LogP contribution in [-0.2, 0) is 11.3 Å². The zero-order valence-corrected chi connectivity index (χ0v) is 11.0. The molecule has 0 aliphatic carbocycles. The van der Waals surface area contributed by atoms with Crippen LogP contribution < -0.4 is 5.56 Å². The van der Waals surface area contributed by atoms with Crippen LogP contribution in [0.1, 0.15) is 17.3 Å². The summed E-state index contributed by atoms with van der Waals surface area (Å²) in [6, 6.07) is 0. The lowest BCUT2D eigenvalue weighted by atomic mass is 10.3. The van der Waals surface area contributed by atoms with E-state index in [0.29, 0.717) is 0 Å². The van der Waals surface area contributed by atoms with E-state index in [1.165, 1.54) is 18.0 Å². The number of carbonyl (C=O) groups is 1. The number of carbonyl (C=O) groups excluding carboxylic acids is 1. The lowest BCUT2D eigenvalue weighted by molar-refractivity contribution is 0.0602. The molecule has 2 aromatic rings. The van der Waals surface area contributed by atoms with Crippen molar-refractivity contribution in [3.8, 4) is 11.8 Å². The van der Waals surface area contributed by atoms with Crippen LogP contribution in [0.5, 0.6) is 0 Å². The monoisotopic (exact) mass is 279 g/mol. The second-order valence-electron chi connectivity index (χ2n) is 3.60. The second-order valence-corrected chi connectivity index (χ2v) is 3.96. The quantitative estimate of drug-likeness (QED) is 0.662. The van der Waals surface area contributed by atoms with Gasteiger partial charge in [-0.05, 0) is 6.92 Å². The van der Waals surface area contributed by atoms with Crippen LogP contribution in [0.4, 0.5) is 0 Å². The van der Waals surface area contributed by atoms with E-state index in [9.17, 15) is 9.59 Å². The molecule has 0 unspecified atom stereocenters. The highest BCUT2D eigenvalue weighted by Crippen LogP contribution is 2.26. The predicted molar refractivity (Wildman–Crippen MR) is 70.2 cm³/mol.